The largest absolute Gasteiger partial charge is 0.488 e. The molecule has 1 aromatic rings. The Morgan fingerprint density at radius 1 is 1.31 bits per heavy atom. The highest BCUT2D eigenvalue weighted by molar-refractivity contribution is 9.10. The summed E-state index contributed by atoms with van der Waals surface area (Å²) < 4.78 is 19.3. The minimum atomic E-state index is -0.430. The van der Waals surface area contributed by atoms with Gasteiger partial charge in [-0.3, -0.25) is 0 Å². The second kappa shape index (κ2) is 5.15. The van der Waals surface area contributed by atoms with Gasteiger partial charge < -0.3 is 9.84 Å². The number of ether oxygens (including phenoxy) is 1. The number of hydrogen-bond acceptors (Lipinski definition) is 2. The molecule has 2 nitrogen and oxygen atoms in total. The van der Waals surface area contributed by atoms with Crippen LogP contribution in [0.1, 0.15) is 25.7 Å². The molecular weight excluding hydrogens is 275 g/mol. The number of hydrogen-bond donors (Lipinski definition) is 1. The number of benzene rings is 1. The molecule has 0 unspecified atom stereocenters. The first-order valence-electron chi connectivity index (χ1n) is 5.46. The zero-order valence-corrected chi connectivity index (χ0v) is 10.4. The number of halogens is 2. The summed E-state index contributed by atoms with van der Waals surface area (Å²) in [4.78, 5) is 0. The molecule has 2 atom stereocenters. The van der Waals surface area contributed by atoms with Crippen molar-refractivity contribution >= 4 is 15.9 Å². The van der Waals surface area contributed by atoms with Gasteiger partial charge in [-0.25, -0.2) is 4.39 Å². The van der Waals surface area contributed by atoms with E-state index in [2.05, 4.69) is 15.9 Å². The maximum Gasteiger partial charge on any atom is 0.141 e. The van der Waals surface area contributed by atoms with E-state index in [0.29, 0.717) is 10.2 Å². The Bertz CT molecular complexity index is 370. The molecule has 1 saturated carbocycles. The Hall–Kier alpha value is -0.610. The van der Waals surface area contributed by atoms with E-state index in [9.17, 15) is 9.50 Å². The molecule has 4 heteroatoms. The minimum absolute atomic E-state index is 0.200. The summed E-state index contributed by atoms with van der Waals surface area (Å²) in [7, 11) is 0. The SMILES string of the molecule is O[C@@H]1CCCC[C@H]1Oc1ccc(Br)c(F)c1. The maximum atomic E-state index is 13.2. The third-order valence-electron chi connectivity index (χ3n) is 2.85. The molecule has 1 fully saturated rings. The smallest absolute Gasteiger partial charge is 0.141 e. The van der Waals surface area contributed by atoms with Crippen molar-refractivity contribution < 1.29 is 14.2 Å². The monoisotopic (exact) mass is 288 g/mol. The van der Waals surface area contributed by atoms with Crippen LogP contribution in [0, 0.1) is 5.82 Å². The van der Waals surface area contributed by atoms with Crippen molar-refractivity contribution in [3.8, 4) is 5.75 Å². The summed E-state index contributed by atoms with van der Waals surface area (Å²) in [5.74, 6) is 0.134. The molecule has 0 heterocycles. The van der Waals surface area contributed by atoms with Crippen molar-refractivity contribution in [2.75, 3.05) is 0 Å². The predicted octanol–water partition coefficient (Wildman–Crippen LogP) is 3.27. The van der Waals surface area contributed by atoms with Crippen LogP contribution in [-0.2, 0) is 0 Å². The van der Waals surface area contributed by atoms with Gasteiger partial charge in [-0.1, -0.05) is 6.42 Å². The molecule has 0 bridgehead atoms. The van der Waals surface area contributed by atoms with E-state index in [1.807, 2.05) is 0 Å². The summed E-state index contributed by atoms with van der Waals surface area (Å²) in [5, 5.41) is 9.73. The van der Waals surface area contributed by atoms with Crippen molar-refractivity contribution in [2.45, 2.75) is 37.9 Å². The molecule has 0 aromatic heterocycles. The average Bonchev–Trinajstić information content (AvgIpc) is 2.27. The quantitative estimate of drug-likeness (QED) is 0.905. The van der Waals surface area contributed by atoms with Gasteiger partial charge in [-0.15, -0.1) is 0 Å². The number of rotatable bonds is 2. The van der Waals surface area contributed by atoms with E-state index in [0.717, 1.165) is 25.7 Å². The van der Waals surface area contributed by atoms with Crippen LogP contribution >= 0.6 is 15.9 Å². The van der Waals surface area contributed by atoms with E-state index < -0.39 is 6.10 Å². The summed E-state index contributed by atoms with van der Waals surface area (Å²) >= 11 is 3.09. The zero-order valence-electron chi connectivity index (χ0n) is 8.83. The first-order valence-corrected chi connectivity index (χ1v) is 6.26. The van der Waals surface area contributed by atoms with Gasteiger partial charge in [0.1, 0.15) is 17.7 Å². The summed E-state index contributed by atoms with van der Waals surface area (Å²) in [5.41, 5.74) is 0. The first kappa shape index (κ1) is 11.9. The number of aliphatic hydroxyl groups is 1. The fourth-order valence-electron chi connectivity index (χ4n) is 1.94. The second-order valence-electron chi connectivity index (χ2n) is 4.08. The van der Waals surface area contributed by atoms with Crippen molar-refractivity contribution in [3.05, 3.63) is 28.5 Å². The Balaban J connectivity index is 2.05. The topological polar surface area (TPSA) is 29.5 Å². The molecule has 0 amide bonds. The Morgan fingerprint density at radius 3 is 2.75 bits per heavy atom. The van der Waals surface area contributed by atoms with Gasteiger partial charge in [-0.05, 0) is 47.3 Å². The third-order valence-corrected chi connectivity index (χ3v) is 3.49. The molecule has 1 aliphatic rings. The average molecular weight is 289 g/mol. The molecule has 0 saturated heterocycles. The lowest BCUT2D eigenvalue weighted by Crippen LogP contribution is -2.34. The molecule has 1 aromatic carbocycles. The third kappa shape index (κ3) is 2.74. The highest BCUT2D eigenvalue weighted by Gasteiger charge is 2.24. The molecule has 88 valence electrons. The van der Waals surface area contributed by atoms with Crippen molar-refractivity contribution in [1.29, 1.82) is 0 Å². The van der Waals surface area contributed by atoms with Gasteiger partial charge in [0.2, 0.25) is 0 Å². The molecule has 1 N–H and O–H groups in total. The molecule has 1 aliphatic carbocycles. The lowest BCUT2D eigenvalue weighted by atomic mass is 9.95. The standard InChI is InChI=1S/C12H14BrFO2/c13-9-6-5-8(7-10(9)14)16-12-4-2-1-3-11(12)15/h5-7,11-12,15H,1-4H2/t11-,12-/m1/s1. The van der Waals surface area contributed by atoms with Gasteiger partial charge in [0.05, 0.1) is 10.6 Å². The van der Waals surface area contributed by atoms with Crippen LogP contribution in [0.15, 0.2) is 22.7 Å². The highest BCUT2D eigenvalue weighted by atomic mass is 79.9. The van der Waals surface area contributed by atoms with Crippen molar-refractivity contribution in [3.63, 3.8) is 0 Å². The van der Waals surface area contributed by atoms with Crippen LogP contribution < -0.4 is 4.74 Å². The summed E-state index contributed by atoms with van der Waals surface area (Å²) in [6.07, 6.45) is 3.06. The van der Waals surface area contributed by atoms with Gasteiger partial charge in [0.25, 0.3) is 0 Å². The molecule has 16 heavy (non-hydrogen) atoms. The van der Waals surface area contributed by atoms with E-state index in [-0.39, 0.29) is 11.9 Å². The first-order chi connectivity index (χ1) is 7.66. The lowest BCUT2D eigenvalue weighted by Gasteiger charge is -2.28. The van der Waals surface area contributed by atoms with Gasteiger partial charge in [-0.2, -0.15) is 0 Å². The second-order valence-corrected chi connectivity index (χ2v) is 4.94. The van der Waals surface area contributed by atoms with E-state index in [1.165, 1.54) is 6.07 Å². The van der Waals surface area contributed by atoms with Crippen LogP contribution in [0.3, 0.4) is 0 Å². The summed E-state index contributed by atoms with van der Waals surface area (Å²) in [6.45, 7) is 0. The minimum Gasteiger partial charge on any atom is -0.488 e. The fraction of sp³-hybridized carbons (Fsp3) is 0.500. The van der Waals surface area contributed by atoms with Crippen LogP contribution in [0.4, 0.5) is 4.39 Å². The molecule has 2 rings (SSSR count). The maximum absolute atomic E-state index is 13.2. The Labute approximate surface area is 103 Å². The molecule has 0 spiro atoms. The Morgan fingerprint density at radius 2 is 2.06 bits per heavy atom. The van der Waals surface area contributed by atoms with Crippen LogP contribution in [-0.4, -0.2) is 17.3 Å². The van der Waals surface area contributed by atoms with Gasteiger partial charge in [0.15, 0.2) is 0 Å². The predicted molar refractivity (Wildman–Crippen MR) is 63.0 cm³/mol. The van der Waals surface area contributed by atoms with Gasteiger partial charge in [0, 0.05) is 6.07 Å². The molecule has 0 radical (unpaired) electrons. The van der Waals surface area contributed by atoms with Crippen LogP contribution in [0.25, 0.3) is 0 Å². The van der Waals surface area contributed by atoms with E-state index in [4.69, 9.17) is 4.74 Å². The van der Waals surface area contributed by atoms with E-state index in [1.54, 1.807) is 12.1 Å². The van der Waals surface area contributed by atoms with Crippen molar-refractivity contribution in [1.82, 2.24) is 0 Å². The molecule has 0 aliphatic heterocycles. The normalized spacial score (nSPS) is 25.4. The molecular formula is C12H14BrFO2. The van der Waals surface area contributed by atoms with E-state index >= 15 is 0 Å². The zero-order chi connectivity index (χ0) is 11.5. The lowest BCUT2D eigenvalue weighted by molar-refractivity contribution is 0.00672. The number of aliphatic hydroxyl groups excluding tert-OH is 1. The van der Waals surface area contributed by atoms with Gasteiger partial charge >= 0.3 is 0 Å². The summed E-state index contributed by atoms with van der Waals surface area (Å²) in [6, 6.07) is 4.65. The highest BCUT2D eigenvalue weighted by Crippen LogP contribution is 2.26. The van der Waals surface area contributed by atoms with Crippen molar-refractivity contribution in [2.24, 2.45) is 0 Å². The van der Waals surface area contributed by atoms with Crippen LogP contribution in [0.2, 0.25) is 0 Å². The Kier molecular flexibility index (Phi) is 3.82. The fourth-order valence-corrected chi connectivity index (χ4v) is 2.19. The van der Waals surface area contributed by atoms with Crippen LogP contribution in [0.5, 0.6) is 5.75 Å².